The molecule has 0 saturated carbocycles. The van der Waals surface area contributed by atoms with Crippen LogP contribution in [0.2, 0.25) is 0 Å². The zero-order chi connectivity index (χ0) is 6.69. The number of nitrogens with zero attached hydrogens (tertiary/aromatic N) is 3. The van der Waals surface area contributed by atoms with Gasteiger partial charge < -0.3 is 10.5 Å². The number of anilines is 1. The zero-order valence-electron chi connectivity index (χ0n) is 5.07. The summed E-state index contributed by atoms with van der Waals surface area (Å²) in [6, 6.07) is 0. The van der Waals surface area contributed by atoms with Crippen molar-refractivity contribution in [3.8, 4) is 0 Å². The van der Waals surface area contributed by atoms with Crippen LogP contribution in [0.15, 0.2) is 6.20 Å². The molecule has 0 spiro atoms. The smallest absolute Gasteiger partial charge is 0.186 e. The average molecular weight is 128 g/mol. The molecule has 0 atom stereocenters. The highest BCUT2D eigenvalue weighted by Crippen LogP contribution is 1.97. The lowest BCUT2D eigenvalue weighted by Crippen LogP contribution is -2.03. The summed E-state index contributed by atoms with van der Waals surface area (Å²) in [4.78, 5) is 0.698. The molecule has 1 aromatic heterocycles. The fraction of sp³-hybridized carbons (Fsp3) is 0.500. The predicted molar refractivity (Wildman–Crippen MR) is 31.4 cm³/mol. The Hall–Kier alpha value is -1.26. The van der Waals surface area contributed by atoms with E-state index in [9.17, 15) is 0 Å². The predicted octanol–water partition coefficient (Wildman–Crippen LogP) is -0.0528. The Kier molecular flexibility index (Phi) is 1.53. The standard InChI is InChI=1S/C4H8N4O/c1-2-5-4-3-6-7-8(4)9/h3,5,9H,2H2,1H3. The maximum atomic E-state index is 8.76. The first kappa shape index (κ1) is 5.87. The van der Waals surface area contributed by atoms with Gasteiger partial charge in [-0.15, -0.1) is 5.10 Å². The fourth-order valence-electron chi connectivity index (χ4n) is 0.527. The van der Waals surface area contributed by atoms with Crippen molar-refractivity contribution in [2.75, 3.05) is 11.9 Å². The molecule has 0 aliphatic rings. The van der Waals surface area contributed by atoms with Crippen molar-refractivity contribution in [1.29, 1.82) is 0 Å². The number of rotatable bonds is 2. The molecule has 1 rings (SSSR count). The maximum Gasteiger partial charge on any atom is 0.186 e. The monoisotopic (exact) mass is 128 g/mol. The Morgan fingerprint density at radius 1 is 1.89 bits per heavy atom. The molecule has 5 heteroatoms. The lowest BCUT2D eigenvalue weighted by molar-refractivity contribution is 0.148. The highest BCUT2D eigenvalue weighted by Gasteiger charge is 1.96. The molecular weight excluding hydrogens is 120 g/mol. The van der Waals surface area contributed by atoms with Crippen LogP contribution in [0.4, 0.5) is 5.82 Å². The van der Waals surface area contributed by atoms with E-state index < -0.39 is 0 Å². The molecule has 9 heavy (non-hydrogen) atoms. The third kappa shape index (κ3) is 1.10. The van der Waals surface area contributed by atoms with Crippen LogP contribution >= 0.6 is 0 Å². The number of nitrogens with one attached hydrogen (secondary N) is 1. The van der Waals surface area contributed by atoms with Crippen LogP contribution in [0, 0.1) is 0 Å². The molecule has 0 radical (unpaired) electrons. The molecule has 0 amide bonds. The molecule has 0 saturated heterocycles. The van der Waals surface area contributed by atoms with Gasteiger partial charge in [-0.2, -0.15) is 0 Å². The van der Waals surface area contributed by atoms with E-state index in [2.05, 4.69) is 15.6 Å². The summed E-state index contributed by atoms with van der Waals surface area (Å²) in [6.45, 7) is 2.67. The van der Waals surface area contributed by atoms with Gasteiger partial charge in [-0.05, 0) is 12.1 Å². The first-order chi connectivity index (χ1) is 4.34. The number of hydrogen-bond donors (Lipinski definition) is 2. The normalized spacial score (nSPS) is 9.44. The summed E-state index contributed by atoms with van der Waals surface area (Å²) in [6.07, 6.45) is 1.45. The van der Waals surface area contributed by atoms with Gasteiger partial charge in [-0.3, -0.25) is 0 Å². The second kappa shape index (κ2) is 2.34. The van der Waals surface area contributed by atoms with Crippen LogP contribution < -0.4 is 5.32 Å². The molecule has 2 N–H and O–H groups in total. The molecule has 0 aromatic carbocycles. The maximum absolute atomic E-state index is 8.76. The van der Waals surface area contributed by atoms with Crippen molar-refractivity contribution in [1.82, 2.24) is 15.2 Å². The minimum absolute atomic E-state index is 0.512. The molecule has 0 unspecified atom stereocenters. The Morgan fingerprint density at radius 2 is 2.67 bits per heavy atom. The van der Waals surface area contributed by atoms with Crippen LogP contribution in [0.1, 0.15) is 6.92 Å². The zero-order valence-corrected chi connectivity index (χ0v) is 5.07. The van der Waals surface area contributed by atoms with Gasteiger partial charge in [-0.25, -0.2) is 0 Å². The van der Waals surface area contributed by atoms with Crippen LogP contribution in [0.3, 0.4) is 0 Å². The van der Waals surface area contributed by atoms with Gasteiger partial charge in [-0.1, -0.05) is 4.85 Å². The third-order valence-corrected chi connectivity index (χ3v) is 0.890. The van der Waals surface area contributed by atoms with Crippen LogP contribution in [0.5, 0.6) is 0 Å². The molecule has 0 aliphatic carbocycles. The van der Waals surface area contributed by atoms with Crippen LogP contribution in [-0.2, 0) is 0 Å². The van der Waals surface area contributed by atoms with E-state index in [1.807, 2.05) is 6.92 Å². The lowest BCUT2D eigenvalue weighted by Gasteiger charge is -1.96. The van der Waals surface area contributed by atoms with Gasteiger partial charge in [0.15, 0.2) is 5.82 Å². The topological polar surface area (TPSA) is 63.0 Å². The largest absolute Gasteiger partial charge is 0.409 e. The molecule has 0 bridgehead atoms. The first-order valence-electron chi connectivity index (χ1n) is 2.68. The molecule has 5 nitrogen and oxygen atoms in total. The summed E-state index contributed by atoms with van der Waals surface area (Å²) in [5.41, 5.74) is 0. The Bertz CT molecular complexity index is 184. The van der Waals surface area contributed by atoms with Crippen molar-refractivity contribution in [3.63, 3.8) is 0 Å². The van der Waals surface area contributed by atoms with Gasteiger partial charge >= 0.3 is 0 Å². The summed E-state index contributed by atoms with van der Waals surface area (Å²) in [5.74, 6) is 0.512. The van der Waals surface area contributed by atoms with Gasteiger partial charge in [0.25, 0.3) is 0 Å². The molecule has 50 valence electrons. The van der Waals surface area contributed by atoms with E-state index in [1.165, 1.54) is 6.20 Å². The Morgan fingerprint density at radius 3 is 3.11 bits per heavy atom. The van der Waals surface area contributed by atoms with E-state index in [1.54, 1.807) is 0 Å². The summed E-state index contributed by atoms with van der Waals surface area (Å²) < 4.78 is 0. The van der Waals surface area contributed by atoms with Crippen molar-refractivity contribution in [2.24, 2.45) is 0 Å². The Balaban J connectivity index is 2.69. The van der Waals surface area contributed by atoms with E-state index >= 15 is 0 Å². The summed E-state index contributed by atoms with van der Waals surface area (Å²) in [7, 11) is 0. The fourth-order valence-corrected chi connectivity index (χ4v) is 0.527. The molecular formula is C4H8N4O. The summed E-state index contributed by atoms with van der Waals surface area (Å²) in [5, 5.41) is 18.3. The summed E-state index contributed by atoms with van der Waals surface area (Å²) >= 11 is 0. The number of aromatic nitrogens is 3. The Labute approximate surface area is 52.3 Å². The molecule has 1 aromatic rings. The number of hydrogen-bond acceptors (Lipinski definition) is 4. The van der Waals surface area contributed by atoms with Gasteiger partial charge in [0.1, 0.15) is 0 Å². The van der Waals surface area contributed by atoms with Crippen molar-refractivity contribution >= 4 is 5.82 Å². The minimum Gasteiger partial charge on any atom is -0.409 e. The minimum atomic E-state index is 0.512. The van der Waals surface area contributed by atoms with Gasteiger partial charge in [0.05, 0.1) is 6.20 Å². The lowest BCUT2D eigenvalue weighted by atomic mass is 10.7. The quantitative estimate of drug-likeness (QED) is 0.548. The van der Waals surface area contributed by atoms with Crippen molar-refractivity contribution < 1.29 is 5.21 Å². The van der Waals surface area contributed by atoms with E-state index in [0.717, 1.165) is 6.54 Å². The molecule has 0 aliphatic heterocycles. The van der Waals surface area contributed by atoms with Gasteiger partial charge in [0, 0.05) is 6.54 Å². The molecule has 0 fully saturated rings. The highest BCUT2D eigenvalue weighted by atomic mass is 16.5. The van der Waals surface area contributed by atoms with Crippen LogP contribution in [0.25, 0.3) is 0 Å². The molecule has 1 heterocycles. The van der Waals surface area contributed by atoms with Crippen LogP contribution in [-0.4, -0.2) is 26.9 Å². The van der Waals surface area contributed by atoms with Crippen molar-refractivity contribution in [2.45, 2.75) is 6.92 Å². The second-order valence-electron chi connectivity index (χ2n) is 1.54. The SMILES string of the molecule is CCNc1cnnn1O. The second-order valence-corrected chi connectivity index (χ2v) is 1.54. The van der Waals surface area contributed by atoms with Crippen molar-refractivity contribution in [3.05, 3.63) is 6.20 Å². The highest BCUT2D eigenvalue weighted by molar-refractivity contribution is 5.28. The average Bonchev–Trinajstić information content (AvgIpc) is 2.18. The van der Waals surface area contributed by atoms with Gasteiger partial charge in [0.2, 0.25) is 0 Å². The first-order valence-corrected chi connectivity index (χ1v) is 2.68. The van der Waals surface area contributed by atoms with E-state index in [4.69, 9.17) is 5.21 Å². The van der Waals surface area contributed by atoms with E-state index in [-0.39, 0.29) is 0 Å². The third-order valence-electron chi connectivity index (χ3n) is 0.890. The van der Waals surface area contributed by atoms with E-state index in [0.29, 0.717) is 10.7 Å².